The van der Waals surface area contributed by atoms with Crippen LogP contribution in [0, 0.1) is 17.5 Å². The van der Waals surface area contributed by atoms with Gasteiger partial charge in [0.25, 0.3) is 0 Å². The van der Waals surface area contributed by atoms with Crippen LogP contribution in [0.5, 0.6) is 0 Å². The topological polar surface area (TPSA) is 15.3 Å². The summed E-state index contributed by atoms with van der Waals surface area (Å²) in [4.78, 5) is 1.43. The molecular weight excluding hydrogens is 369 g/mol. The van der Waals surface area contributed by atoms with Crippen LogP contribution in [0.25, 0.3) is 0 Å². The third kappa shape index (κ3) is 6.02. The number of nitrogens with zero attached hydrogens (tertiary/aromatic N) is 1. The summed E-state index contributed by atoms with van der Waals surface area (Å²) in [5, 5.41) is 2.97. The highest BCUT2D eigenvalue weighted by Crippen LogP contribution is 2.35. The largest absolute Gasteiger partial charge is 0.390 e. The van der Waals surface area contributed by atoms with Gasteiger partial charge in [0, 0.05) is 43.9 Å². The maximum absolute atomic E-state index is 13.8. The Morgan fingerprint density at radius 3 is 2.00 bits per heavy atom. The Labute approximate surface area is 142 Å². The van der Waals surface area contributed by atoms with Gasteiger partial charge in [0.05, 0.1) is 6.42 Å². The first-order valence-corrected chi connectivity index (χ1v) is 6.44. The third-order valence-corrected chi connectivity index (χ3v) is 3.42. The molecule has 0 bridgehead atoms. The molecule has 2 nitrogen and oxygen atoms in total. The Morgan fingerprint density at radius 1 is 0.957 bits per heavy atom. The molecule has 1 aromatic carbocycles. The lowest BCUT2D eigenvalue weighted by Crippen LogP contribution is -2.46. The van der Waals surface area contributed by atoms with Crippen LogP contribution in [0.4, 0.5) is 26.3 Å². The van der Waals surface area contributed by atoms with E-state index in [1.165, 1.54) is 4.90 Å². The van der Waals surface area contributed by atoms with E-state index in [9.17, 15) is 26.3 Å². The monoisotopic (exact) mass is 384 g/mol. The molecule has 1 aliphatic heterocycles. The number of nitrogens with one attached hydrogen (secondary N) is 1. The number of hydrogen-bond donors (Lipinski definition) is 1. The highest BCUT2D eigenvalue weighted by Gasteiger charge is 2.37. The van der Waals surface area contributed by atoms with Crippen molar-refractivity contribution in [3.63, 3.8) is 0 Å². The zero-order chi connectivity index (χ0) is 15.6. The molecule has 0 spiro atoms. The Bertz CT molecular complexity index is 506. The predicted molar refractivity (Wildman–Crippen MR) is 78.7 cm³/mol. The molecule has 1 heterocycles. The van der Waals surface area contributed by atoms with Gasteiger partial charge in [0.2, 0.25) is 0 Å². The van der Waals surface area contributed by atoms with Crippen molar-refractivity contribution in [1.29, 1.82) is 0 Å². The SMILES string of the molecule is Cl.Cl.Fc1cc(F)c([C@H](CC(F)(F)F)N2CCNCC2)cc1F. The van der Waals surface area contributed by atoms with E-state index < -0.39 is 41.7 Å². The number of hydrogen-bond acceptors (Lipinski definition) is 2. The minimum absolute atomic E-state index is 0. The Kier molecular flexibility index (Phi) is 8.69. The first kappa shape index (κ1) is 22.3. The van der Waals surface area contributed by atoms with Crippen molar-refractivity contribution in [2.75, 3.05) is 26.2 Å². The molecule has 10 heteroatoms. The fraction of sp³-hybridized carbons (Fsp3) is 0.538. The maximum Gasteiger partial charge on any atom is 0.390 e. The van der Waals surface area contributed by atoms with Crippen molar-refractivity contribution in [2.45, 2.75) is 18.6 Å². The van der Waals surface area contributed by atoms with Gasteiger partial charge >= 0.3 is 6.18 Å². The van der Waals surface area contributed by atoms with Crippen molar-refractivity contribution in [3.8, 4) is 0 Å². The van der Waals surface area contributed by atoms with Gasteiger partial charge in [-0.05, 0) is 6.07 Å². The molecule has 0 saturated carbocycles. The van der Waals surface area contributed by atoms with E-state index in [4.69, 9.17) is 0 Å². The van der Waals surface area contributed by atoms with E-state index in [2.05, 4.69) is 5.32 Å². The fourth-order valence-electron chi connectivity index (χ4n) is 2.44. The molecule has 134 valence electrons. The third-order valence-electron chi connectivity index (χ3n) is 3.42. The van der Waals surface area contributed by atoms with Crippen LogP contribution in [0.3, 0.4) is 0 Å². The predicted octanol–water partition coefficient (Wildman–Crippen LogP) is 3.85. The highest BCUT2D eigenvalue weighted by atomic mass is 35.5. The second-order valence-electron chi connectivity index (χ2n) is 4.91. The summed E-state index contributed by atoms with van der Waals surface area (Å²) in [5.74, 6) is -3.93. The first-order valence-electron chi connectivity index (χ1n) is 6.44. The molecule has 1 saturated heterocycles. The normalized spacial score (nSPS) is 17.1. The van der Waals surface area contributed by atoms with Crippen molar-refractivity contribution in [3.05, 3.63) is 35.1 Å². The van der Waals surface area contributed by atoms with Crippen LogP contribution in [-0.2, 0) is 0 Å². The molecule has 1 fully saturated rings. The lowest BCUT2D eigenvalue weighted by Gasteiger charge is -2.35. The molecule has 0 aliphatic carbocycles. The molecule has 0 aromatic heterocycles. The van der Waals surface area contributed by atoms with E-state index in [1.807, 2.05) is 0 Å². The van der Waals surface area contributed by atoms with Crippen LogP contribution >= 0.6 is 24.8 Å². The number of benzene rings is 1. The average Bonchev–Trinajstić information content (AvgIpc) is 2.40. The summed E-state index contributed by atoms with van der Waals surface area (Å²) in [6, 6.07) is -0.554. The Morgan fingerprint density at radius 2 is 1.48 bits per heavy atom. The molecule has 1 atom stereocenters. The smallest absolute Gasteiger partial charge is 0.314 e. The van der Waals surface area contributed by atoms with Gasteiger partial charge in [-0.2, -0.15) is 13.2 Å². The minimum atomic E-state index is -4.53. The van der Waals surface area contributed by atoms with Crippen LogP contribution in [0.2, 0.25) is 0 Å². The summed E-state index contributed by atoms with van der Waals surface area (Å²) in [5.41, 5.74) is -0.465. The van der Waals surface area contributed by atoms with E-state index >= 15 is 0 Å². The quantitative estimate of drug-likeness (QED) is 0.628. The molecule has 0 unspecified atom stereocenters. The van der Waals surface area contributed by atoms with Gasteiger partial charge in [-0.25, -0.2) is 13.2 Å². The van der Waals surface area contributed by atoms with Gasteiger partial charge in [-0.15, -0.1) is 24.8 Å². The van der Waals surface area contributed by atoms with Crippen molar-refractivity contribution >= 4 is 24.8 Å². The maximum atomic E-state index is 13.8. The second-order valence-corrected chi connectivity index (χ2v) is 4.91. The second kappa shape index (κ2) is 8.96. The van der Waals surface area contributed by atoms with E-state index in [1.54, 1.807) is 0 Å². The summed E-state index contributed by atoms with van der Waals surface area (Å²) in [6.45, 7) is 1.47. The van der Waals surface area contributed by atoms with Crippen LogP contribution in [-0.4, -0.2) is 37.3 Å². The lowest BCUT2D eigenvalue weighted by atomic mass is 10.00. The first-order chi connectivity index (χ1) is 9.78. The summed E-state index contributed by atoms with van der Waals surface area (Å²) in [6.07, 6.45) is -5.85. The van der Waals surface area contributed by atoms with Crippen molar-refractivity contribution in [2.24, 2.45) is 0 Å². The molecule has 1 N–H and O–H groups in total. The number of piperazine rings is 1. The molecular formula is C13H16Cl2F6N2. The van der Waals surface area contributed by atoms with Crippen LogP contribution in [0.1, 0.15) is 18.0 Å². The van der Waals surface area contributed by atoms with Crippen molar-refractivity contribution < 1.29 is 26.3 Å². The van der Waals surface area contributed by atoms with Gasteiger partial charge in [-0.1, -0.05) is 0 Å². The standard InChI is InChI=1S/C13H14F6N2.2ClH/c14-9-6-11(16)10(15)5-8(9)12(7-13(17,18)19)21-3-1-20-2-4-21;;/h5-6,12,20H,1-4,7H2;2*1H/t12-;;/m0../s1. The molecule has 1 aromatic rings. The summed E-state index contributed by atoms with van der Waals surface area (Å²) < 4.78 is 78.2. The minimum Gasteiger partial charge on any atom is -0.314 e. The zero-order valence-electron chi connectivity index (χ0n) is 11.8. The van der Waals surface area contributed by atoms with E-state index in [0.717, 1.165) is 0 Å². The van der Waals surface area contributed by atoms with Gasteiger partial charge < -0.3 is 5.32 Å². The molecule has 0 amide bonds. The van der Waals surface area contributed by atoms with Crippen molar-refractivity contribution in [1.82, 2.24) is 10.2 Å². The van der Waals surface area contributed by atoms with Crippen LogP contribution < -0.4 is 5.32 Å². The molecule has 0 radical (unpaired) electrons. The van der Waals surface area contributed by atoms with E-state index in [0.29, 0.717) is 19.2 Å². The van der Waals surface area contributed by atoms with Crippen LogP contribution in [0.15, 0.2) is 12.1 Å². The van der Waals surface area contributed by atoms with Gasteiger partial charge in [-0.3, -0.25) is 4.90 Å². The molecule has 23 heavy (non-hydrogen) atoms. The zero-order valence-corrected chi connectivity index (χ0v) is 13.4. The highest BCUT2D eigenvalue weighted by molar-refractivity contribution is 5.85. The van der Waals surface area contributed by atoms with Gasteiger partial charge in [0.1, 0.15) is 5.82 Å². The summed E-state index contributed by atoms with van der Waals surface area (Å²) >= 11 is 0. The lowest BCUT2D eigenvalue weighted by molar-refractivity contribution is -0.149. The Balaban J connectivity index is 0.00000242. The molecule has 2 rings (SSSR count). The summed E-state index contributed by atoms with van der Waals surface area (Å²) in [7, 11) is 0. The Hall–Kier alpha value is -0.700. The number of alkyl halides is 3. The number of halogens is 8. The van der Waals surface area contributed by atoms with E-state index in [-0.39, 0.29) is 44.0 Å². The fourth-order valence-corrected chi connectivity index (χ4v) is 2.44. The average molecular weight is 385 g/mol. The number of rotatable bonds is 3. The van der Waals surface area contributed by atoms with Gasteiger partial charge in [0.15, 0.2) is 11.6 Å². The molecule has 1 aliphatic rings.